The van der Waals surface area contributed by atoms with Gasteiger partial charge in [-0.15, -0.1) is 0 Å². The first-order chi connectivity index (χ1) is 7.31. The summed E-state index contributed by atoms with van der Waals surface area (Å²) in [6.45, 7) is 3.66. The summed E-state index contributed by atoms with van der Waals surface area (Å²) in [4.78, 5) is 2.61. The van der Waals surface area contributed by atoms with Gasteiger partial charge < -0.3 is 14.7 Å². The van der Waals surface area contributed by atoms with Gasteiger partial charge in [0.1, 0.15) is 0 Å². The van der Waals surface area contributed by atoms with Crippen LogP contribution < -0.4 is 0 Å². The number of likely N-dealkylation sites (tertiary alicyclic amines) is 1. The first-order valence-corrected chi connectivity index (χ1v) is 6.28. The van der Waals surface area contributed by atoms with Crippen molar-refractivity contribution in [1.82, 2.24) is 4.90 Å². The average molecular weight is 211 g/mol. The van der Waals surface area contributed by atoms with Gasteiger partial charge in [-0.25, -0.2) is 0 Å². The van der Waals surface area contributed by atoms with E-state index < -0.39 is 0 Å². The van der Waals surface area contributed by atoms with E-state index in [2.05, 4.69) is 4.90 Å². The predicted molar refractivity (Wildman–Crippen MR) is 57.7 cm³/mol. The quantitative estimate of drug-likeness (QED) is 0.705. The second kappa shape index (κ2) is 3.72. The van der Waals surface area contributed by atoms with Crippen LogP contribution in [0.2, 0.25) is 0 Å². The molecule has 1 unspecified atom stereocenters. The van der Waals surface area contributed by atoms with Crippen molar-refractivity contribution in [2.45, 2.75) is 44.2 Å². The van der Waals surface area contributed by atoms with Crippen LogP contribution in [0.3, 0.4) is 0 Å². The van der Waals surface area contributed by atoms with Crippen LogP contribution in [0.15, 0.2) is 0 Å². The normalized spacial score (nSPS) is 35.4. The van der Waals surface area contributed by atoms with E-state index >= 15 is 0 Å². The molecule has 3 nitrogen and oxygen atoms in total. The van der Waals surface area contributed by atoms with Crippen molar-refractivity contribution in [3.05, 3.63) is 0 Å². The Balaban J connectivity index is 1.55. The van der Waals surface area contributed by atoms with Crippen LogP contribution in [-0.4, -0.2) is 48.5 Å². The van der Waals surface area contributed by atoms with E-state index in [-0.39, 0.29) is 5.41 Å². The molecule has 0 amide bonds. The second-order valence-corrected chi connectivity index (χ2v) is 5.58. The molecule has 1 saturated carbocycles. The Bertz CT molecular complexity index is 228. The predicted octanol–water partition coefficient (Wildman–Crippen LogP) is 1.01. The van der Waals surface area contributed by atoms with Crippen molar-refractivity contribution in [3.8, 4) is 0 Å². The Morgan fingerprint density at radius 1 is 1.27 bits per heavy atom. The molecule has 1 N–H and O–H groups in total. The Morgan fingerprint density at radius 3 is 2.40 bits per heavy atom. The summed E-state index contributed by atoms with van der Waals surface area (Å²) in [5.41, 5.74) is 0.187. The fourth-order valence-electron chi connectivity index (χ4n) is 2.90. The molecule has 0 aromatic rings. The van der Waals surface area contributed by atoms with Gasteiger partial charge in [0, 0.05) is 12.6 Å². The molecule has 0 radical (unpaired) electrons. The lowest BCUT2D eigenvalue weighted by molar-refractivity contribution is 0.0286. The van der Waals surface area contributed by atoms with E-state index in [4.69, 9.17) is 4.74 Å². The number of aliphatic hydroxyl groups is 1. The lowest BCUT2D eigenvalue weighted by Gasteiger charge is -2.40. The van der Waals surface area contributed by atoms with Gasteiger partial charge in [0.05, 0.1) is 12.7 Å². The van der Waals surface area contributed by atoms with E-state index in [1.165, 1.54) is 38.8 Å². The Labute approximate surface area is 91.4 Å². The average Bonchev–Trinajstić information content (AvgIpc) is 3.13. The highest BCUT2D eigenvalue weighted by molar-refractivity contribution is 4.94. The molecule has 1 aliphatic carbocycles. The number of hydrogen-bond acceptors (Lipinski definition) is 3. The van der Waals surface area contributed by atoms with Gasteiger partial charge in [-0.3, -0.25) is 0 Å². The molecule has 3 heteroatoms. The molecule has 2 heterocycles. The molecule has 3 fully saturated rings. The van der Waals surface area contributed by atoms with Crippen LogP contribution in [0.5, 0.6) is 0 Å². The number of hydrogen-bond donors (Lipinski definition) is 1. The molecule has 3 aliphatic rings. The zero-order chi connectivity index (χ0) is 10.3. The fraction of sp³-hybridized carbons (Fsp3) is 1.00. The zero-order valence-corrected chi connectivity index (χ0v) is 9.32. The van der Waals surface area contributed by atoms with Gasteiger partial charge >= 0.3 is 0 Å². The number of aliphatic hydroxyl groups excluding tert-OH is 1. The van der Waals surface area contributed by atoms with E-state index in [1.54, 1.807) is 0 Å². The molecule has 0 aromatic heterocycles. The molecule has 0 spiro atoms. The standard InChI is InChI=1S/C12H21NO2/c14-9-12(7-11-8-15-11)3-5-13(6-4-12)10-1-2-10/h10-11,14H,1-9H2. The van der Waals surface area contributed by atoms with E-state index in [1.807, 2.05) is 0 Å². The number of piperidine rings is 1. The molecular formula is C12H21NO2. The van der Waals surface area contributed by atoms with Gasteiger partial charge in [0.25, 0.3) is 0 Å². The number of epoxide rings is 1. The van der Waals surface area contributed by atoms with Crippen molar-refractivity contribution in [1.29, 1.82) is 0 Å². The SMILES string of the molecule is OCC1(CC2CO2)CCN(C2CC2)CC1. The van der Waals surface area contributed by atoms with E-state index in [0.29, 0.717) is 12.7 Å². The maximum Gasteiger partial charge on any atom is 0.0816 e. The molecule has 86 valence electrons. The molecule has 3 rings (SSSR count). The van der Waals surface area contributed by atoms with Crippen LogP contribution >= 0.6 is 0 Å². The summed E-state index contributed by atoms with van der Waals surface area (Å²) >= 11 is 0. The highest BCUT2D eigenvalue weighted by Gasteiger charge is 2.42. The minimum absolute atomic E-state index is 0.187. The minimum Gasteiger partial charge on any atom is -0.396 e. The molecule has 2 saturated heterocycles. The van der Waals surface area contributed by atoms with Gasteiger partial charge in [0.15, 0.2) is 0 Å². The first-order valence-electron chi connectivity index (χ1n) is 6.28. The van der Waals surface area contributed by atoms with E-state index in [9.17, 15) is 5.11 Å². The summed E-state index contributed by atoms with van der Waals surface area (Å²) < 4.78 is 5.30. The van der Waals surface area contributed by atoms with Gasteiger partial charge in [-0.05, 0) is 50.6 Å². The molecule has 15 heavy (non-hydrogen) atoms. The second-order valence-electron chi connectivity index (χ2n) is 5.58. The summed E-state index contributed by atoms with van der Waals surface area (Å²) in [5.74, 6) is 0. The van der Waals surface area contributed by atoms with Crippen molar-refractivity contribution < 1.29 is 9.84 Å². The highest BCUT2D eigenvalue weighted by Crippen LogP contribution is 2.41. The monoisotopic (exact) mass is 211 g/mol. The fourth-order valence-corrected chi connectivity index (χ4v) is 2.90. The largest absolute Gasteiger partial charge is 0.396 e. The van der Waals surface area contributed by atoms with Crippen LogP contribution in [0.4, 0.5) is 0 Å². The van der Waals surface area contributed by atoms with Gasteiger partial charge in [-0.2, -0.15) is 0 Å². The topological polar surface area (TPSA) is 36.0 Å². The maximum absolute atomic E-state index is 9.58. The summed E-state index contributed by atoms with van der Waals surface area (Å²) in [6.07, 6.45) is 6.68. The molecule has 0 bridgehead atoms. The van der Waals surface area contributed by atoms with Crippen molar-refractivity contribution in [2.24, 2.45) is 5.41 Å². The summed E-state index contributed by atoms with van der Waals surface area (Å²) in [7, 11) is 0. The smallest absolute Gasteiger partial charge is 0.0816 e. The molecule has 0 aromatic carbocycles. The summed E-state index contributed by atoms with van der Waals surface area (Å²) in [6, 6.07) is 0.888. The Hall–Kier alpha value is -0.120. The van der Waals surface area contributed by atoms with Crippen molar-refractivity contribution >= 4 is 0 Å². The van der Waals surface area contributed by atoms with Crippen LogP contribution in [-0.2, 0) is 4.74 Å². The molecular weight excluding hydrogens is 190 g/mol. The summed E-state index contributed by atoms with van der Waals surface area (Å²) in [5, 5.41) is 9.58. The minimum atomic E-state index is 0.187. The number of nitrogens with zero attached hydrogens (tertiary/aromatic N) is 1. The lowest BCUT2D eigenvalue weighted by Crippen LogP contribution is -2.43. The number of rotatable bonds is 4. The van der Waals surface area contributed by atoms with Crippen LogP contribution in [0.25, 0.3) is 0 Å². The van der Waals surface area contributed by atoms with E-state index in [0.717, 1.165) is 19.1 Å². The third-order valence-corrected chi connectivity index (χ3v) is 4.32. The van der Waals surface area contributed by atoms with Gasteiger partial charge in [0.2, 0.25) is 0 Å². The Kier molecular flexibility index (Phi) is 2.49. The lowest BCUT2D eigenvalue weighted by atomic mass is 9.75. The third-order valence-electron chi connectivity index (χ3n) is 4.32. The Morgan fingerprint density at radius 2 is 1.93 bits per heavy atom. The van der Waals surface area contributed by atoms with Crippen LogP contribution in [0, 0.1) is 5.41 Å². The first kappa shape index (κ1) is 10.1. The van der Waals surface area contributed by atoms with Gasteiger partial charge in [-0.1, -0.05) is 0 Å². The maximum atomic E-state index is 9.58. The number of ether oxygens (including phenoxy) is 1. The molecule has 2 aliphatic heterocycles. The van der Waals surface area contributed by atoms with Crippen molar-refractivity contribution in [3.63, 3.8) is 0 Å². The third kappa shape index (κ3) is 2.19. The van der Waals surface area contributed by atoms with Crippen molar-refractivity contribution in [2.75, 3.05) is 26.3 Å². The molecule has 1 atom stereocenters. The highest BCUT2D eigenvalue weighted by atomic mass is 16.6. The zero-order valence-electron chi connectivity index (χ0n) is 9.32. The van der Waals surface area contributed by atoms with Crippen LogP contribution in [0.1, 0.15) is 32.1 Å².